The van der Waals surface area contributed by atoms with E-state index in [4.69, 9.17) is 16.3 Å². The number of aryl methyl sites for hydroxylation is 1. The summed E-state index contributed by atoms with van der Waals surface area (Å²) in [5.74, 6) is 0.570. The molecule has 3 nitrogen and oxygen atoms in total. The molecule has 0 aliphatic heterocycles. The maximum Gasteiger partial charge on any atom is 0.501 e. The minimum Gasteiger partial charge on any atom is -0.456 e. The Morgan fingerprint density at radius 2 is 1.74 bits per heavy atom. The van der Waals surface area contributed by atoms with E-state index in [9.17, 15) is 21.6 Å². The highest BCUT2D eigenvalue weighted by atomic mass is 79.9. The molecule has 0 N–H and O–H groups in total. The fourth-order valence-corrected chi connectivity index (χ4v) is 3.23. The van der Waals surface area contributed by atoms with Gasteiger partial charge in [0.1, 0.15) is 11.5 Å². The van der Waals surface area contributed by atoms with Crippen LogP contribution in [0.25, 0.3) is 0 Å². The van der Waals surface area contributed by atoms with Crippen molar-refractivity contribution in [2.75, 3.05) is 0 Å². The van der Waals surface area contributed by atoms with Gasteiger partial charge < -0.3 is 4.74 Å². The van der Waals surface area contributed by atoms with Crippen LogP contribution in [0.15, 0.2) is 45.8 Å². The van der Waals surface area contributed by atoms with Gasteiger partial charge in [-0.25, -0.2) is 8.42 Å². The van der Waals surface area contributed by atoms with E-state index in [0.717, 1.165) is 23.8 Å². The minimum atomic E-state index is -5.41. The number of hydrogen-bond acceptors (Lipinski definition) is 3. The van der Waals surface area contributed by atoms with E-state index in [2.05, 4.69) is 15.9 Å². The van der Waals surface area contributed by atoms with Crippen LogP contribution in [0.3, 0.4) is 0 Å². The summed E-state index contributed by atoms with van der Waals surface area (Å²) >= 11 is 8.88. The predicted molar refractivity (Wildman–Crippen MR) is 83.6 cm³/mol. The number of sulfone groups is 1. The van der Waals surface area contributed by atoms with Crippen LogP contribution in [-0.4, -0.2) is 13.9 Å². The van der Waals surface area contributed by atoms with E-state index in [1.807, 2.05) is 0 Å². The molecule has 0 aliphatic rings. The molecule has 0 saturated carbocycles. The van der Waals surface area contributed by atoms with Gasteiger partial charge in [0.05, 0.1) is 9.37 Å². The van der Waals surface area contributed by atoms with Gasteiger partial charge >= 0.3 is 5.51 Å². The van der Waals surface area contributed by atoms with E-state index in [1.165, 1.54) is 0 Å². The number of halogens is 5. The number of hydrogen-bond donors (Lipinski definition) is 0. The zero-order valence-corrected chi connectivity index (χ0v) is 14.6. The van der Waals surface area contributed by atoms with Crippen LogP contribution in [-0.2, 0) is 9.84 Å². The lowest BCUT2D eigenvalue weighted by Gasteiger charge is -2.13. The van der Waals surface area contributed by atoms with Crippen molar-refractivity contribution in [1.29, 1.82) is 0 Å². The Hall–Kier alpha value is -1.25. The second kappa shape index (κ2) is 6.33. The number of rotatable bonds is 3. The molecule has 0 amide bonds. The van der Waals surface area contributed by atoms with Gasteiger partial charge in [-0.15, -0.1) is 0 Å². The molecule has 23 heavy (non-hydrogen) atoms. The van der Waals surface area contributed by atoms with Gasteiger partial charge in [0.25, 0.3) is 9.84 Å². The first-order valence-corrected chi connectivity index (χ1v) is 8.72. The summed E-state index contributed by atoms with van der Waals surface area (Å²) in [5, 5.41) is 0.429. The molecule has 0 bridgehead atoms. The van der Waals surface area contributed by atoms with Crippen LogP contribution in [0.2, 0.25) is 5.02 Å². The van der Waals surface area contributed by atoms with Gasteiger partial charge in [0.2, 0.25) is 0 Å². The Balaban J connectivity index is 2.40. The molecule has 0 radical (unpaired) electrons. The average molecular weight is 430 g/mol. The number of benzene rings is 2. The summed E-state index contributed by atoms with van der Waals surface area (Å²) in [7, 11) is -5.41. The molecule has 9 heteroatoms. The third kappa shape index (κ3) is 3.81. The van der Waals surface area contributed by atoms with E-state index in [-0.39, 0.29) is 10.2 Å². The lowest BCUT2D eigenvalue weighted by Crippen LogP contribution is -2.23. The minimum absolute atomic E-state index is 0.0715. The summed E-state index contributed by atoms with van der Waals surface area (Å²) in [6.45, 7) is 1.77. The Bertz CT molecular complexity index is 851. The van der Waals surface area contributed by atoms with E-state index < -0.39 is 20.2 Å². The molecule has 124 valence electrons. The molecule has 0 aromatic heterocycles. The average Bonchev–Trinajstić information content (AvgIpc) is 2.43. The maximum atomic E-state index is 12.5. The lowest BCUT2D eigenvalue weighted by atomic mass is 10.2. The largest absolute Gasteiger partial charge is 0.501 e. The van der Waals surface area contributed by atoms with Crippen molar-refractivity contribution in [3.8, 4) is 11.5 Å². The molecule has 2 aromatic carbocycles. The van der Waals surface area contributed by atoms with Crippen LogP contribution in [0, 0.1) is 6.92 Å². The predicted octanol–water partition coefficient (Wildman–Crippen LogP) is 5.50. The van der Waals surface area contributed by atoms with Gasteiger partial charge in [-0.05, 0) is 58.7 Å². The van der Waals surface area contributed by atoms with E-state index in [1.54, 1.807) is 25.1 Å². The van der Waals surface area contributed by atoms with Gasteiger partial charge in [-0.3, -0.25) is 0 Å². The zero-order chi connectivity index (χ0) is 17.4. The summed E-state index contributed by atoms with van der Waals surface area (Å²) < 4.78 is 66.0. The Morgan fingerprint density at radius 1 is 1.09 bits per heavy atom. The first kappa shape index (κ1) is 18.1. The summed E-state index contributed by atoms with van der Waals surface area (Å²) in [5.41, 5.74) is -4.61. The molecule has 0 spiro atoms. The Kier molecular flexibility index (Phi) is 4.98. The molecule has 2 rings (SSSR count). The van der Waals surface area contributed by atoms with Crippen LogP contribution in [0.4, 0.5) is 13.2 Å². The Labute approximate surface area is 144 Å². The van der Waals surface area contributed by atoms with Gasteiger partial charge in [0.15, 0.2) is 0 Å². The normalized spacial score (nSPS) is 12.3. The molecule has 0 unspecified atom stereocenters. The molecular formula is C14H9BrClF3O3S. The molecule has 0 saturated heterocycles. The van der Waals surface area contributed by atoms with E-state index >= 15 is 0 Å². The van der Waals surface area contributed by atoms with Gasteiger partial charge in [-0.2, -0.15) is 13.2 Å². The fraction of sp³-hybridized carbons (Fsp3) is 0.143. The van der Waals surface area contributed by atoms with Crippen LogP contribution >= 0.6 is 27.5 Å². The Morgan fingerprint density at radius 3 is 2.30 bits per heavy atom. The monoisotopic (exact) mass is 428 g/mol. The number of alkyl halides is 3. The highest BCUT2D eigenvalue weighted by Gasteiger charge is 2.47. The molecule has 0 fully saturated rings. The van der Waals surface area contributed by atoms with Gasteiger partial charge in [-0.1, -0.05) is 17.7 Å². The summed E-state index contributed by atoms with van der Waals surface area (Å²) in [4.78, 5) is -0.868. The zero-order valence-electron chi connectivity index (χ0n) is 11.5. The highest BCUT2D eigenvalue weighted by Crippen LogP contribution is 2.37. The standard InChI is InChI=1S/C14H9BrClF3O3S/c1-8-2-3-9(16)6-13(8)22-12-5-4-10(7-11(12)15)23(20,21)14(17,18)19/h2-7H,1H3. The van der Waals surface area contributed by atoms with Gasteiger partial charge in [0, 0.05) is 5.02 Å². The molecule has 2 aromatic rings. The van der Waals surface area contributed by atoms with Crippen LogP contribution in [0.1, 0.15) is 5.56 Å². The first-order valence-electron chi connectivity index (χ1n) is 6.07. The second-order valence-corrected chi connectivity index (χ2v) is 7.79. The molecule has 0 heterocycles. The topological polar surface area (TPSA) is 43.4 Å². The van der Waals surface area contributed by atoms with Crippen LogP contribution < -0.4 is 4.74 Å². The quantitative estimate of drug-likeness (QED) is 0.647. The van der Waals surface area contributed by atoms with Crippen molar-refractivity contribution in [3.63, 3.8) is 0 Å². The van der Waals surface area contributed by atoms with Crippen molar-refractivity contribution in [1.82, 2.24) is 0 Å². The van der Waals surface area contributed by atoms with Crippen molar-refractivity contribution >= 4 is 37.4 Å². The SMILES string of the molecule is Cc1ccc(Cl)cc1Oc1ccc(S(=O)(=O)C(F)(F)F)cc1Br. The van der Waals surface area contributed by atoms with Crippen molar-refractivity contribution in [3.05, 3.63) is 51.5 Å². The summed E-state index contributed by atoms with van der Waals surface area (Å²) in [6, 6.07) is 7.75. The van der Waals surface area contributed by atoms with E-state index in [0.29, 0.717) is 10.8 Å². The van der Waals surface area contributed by atoms with Crippen LogP contribution in [0.5, 0.6) is 11.5 Å². The first-order chi connectivity index (χ1) is 10.5. The maximum absolute atomic E-state index is 12.5. The summed E-state index contributed by atoms with van der Waals surface area (Å²) in [6.07, 6.45) is 0. The number of ether oxygens (including phenoxy) is 1. The second-order valence-electron chi connectivity index (χ2n) is 4.55. The third-order valence-electron chi connectivity index (χ3n) is 2.89. The third-order valence-corrected chi connectivity index (χ3v) is 5.23. The lowest BCUT2D eigenvalue weighted by molar-refractivity contribution is -0.0436. The molecule has 0 aliphatic carbocycles. The smallest absolute Gasteiger partial charge is 0.456 e. The molecule has 0 atom stereocenters. The molecular weight excluding hydrogens is 421 g/mol. The van der Waals surface area contributed by atoms with Crippen molar-refractivity contribution < 1.29 is 26.3 Å². The fourth-order valence-electron chi connectivity index (χ4n) is 1.67. The van der Waals surface area contributed by atoms with Crippen molar-refractivity contribution in [2.24, 2.45) is 0 Å². The van der Waals surface area contributed by atoms with Crippen molar-refractivity contribution in [2.45, 2.75) is 17.3 Å². The highest BCUT2D eigenvalue weighted by molar-refractivity contribution is 9.10.